The van der Waals surface area contributed by atoms with E-state index < -0.39 is 11.7 Å². The summed E-state index contributed by atoms with van der Waals surface area (Å²) in [6.07, 6.45) is 2.79. The van der Waals surface area contributed by atoms with Crippen LogP contribution in [0.2, 0.25) is 5.02 Å². The summed E-state index contributed by atoms with van der Waals surface area (Å²) < 4.78 is 19.1. The van der Waals surface area contributed by atoms with Crippen molar-refractivity contribution in [3.05, 3.63) is 34.6 Å². The summed E-state index contributed by atoms with van der Waals surface area (Å²) in [6, 6.07) is 4.07. The number of ether oxygens (including phenoxy) is 1. The van der Waals surface area contributed by atoms with Crippen LogP contribution in [0.25, 0.3) is 0 Å². The summed E-state index contributed by atoms with van der Waals surface area (Å²) in [4.78, 5) is 24.3. The van der Waals surface area contributed by atoms with Gasteiger partial charge in [0.1, 0.15) is 5.82 Å². The lowest BCUT2D eigenvalue weighted by atomic mass is 9.71. The van der Waals surface area contributed by atoms with E-state index in [0.29, 0.717) is 25.4 Å². The lowest BCUT2D eigenvalue weighted by Gasteiger charge is -2.43. The molecule has 0 radical (unpaired) electrons. The van der Waals surface area contributed by atoms with Gasteiger partial charge in [0, 0.05) is 32.2 Å². The summed E-state index contributed by atoms with van der Waals surface area (Å²) >= 11 is 5.95. The molecule has 4 atom stereocenters. The van der Waals surface area contributed by atoms with Crippen molar-refractivity contribution in [3.63, 3.8) is 0 Å². The summed E-state index contributed by atoms with van der Waals surface area (Å²) in [5, 5.41) is 5.99. The number of carbonyl (C=O) groups is 2. The minimum atomic E-state index is -0.634. The molecule has 0 bridgehead atoms. The fourth-order valence-corrected chi connectivity index (χ4v) is 4.33. The van der Waals surface area contributed by atoms with E-state index in [2.05, 4.69) is 10.6 Å². The van der Waals surface area contributed by atoms with E-state index in [9.17, 15) is 14.0 Å². The van der Waals surface area contributed by atoms with Gasteiger partial charge in [0.15, 0.2) is 0 Å². The Morgan fingerprint density at radius 2 is 2.24 bits per heavy atom. The zero-order valence-electron chi connectivity index (χ0n) is 14.1. The second-order valence-electron chi connectivity index (χ2n) is 6.84. The van der Waals surface area contributed by atoms with E-state index in [0.717, 1.165) is 12.8 Å². The normalized spacial score (nSPS) is 28.8. The monoisotopic (exact) mass is 368 g/mol. The van der Waals surface area contributed by atoms with Crippen LogP contribution in [-0.4, -0.2) is 37.6 Å². The molecule has 1 saturated heterocycles. The zero-order valence-corrected chi connectivity index (χ0v) is 14.8. The van der Waals surface area contributed by atoms with Crippen molar-refractivity contribution in [2.24, 2.45) is 11.8 Å². The first kappa shape index (κ1) is 18.1. The average molecular weight is 369 g/mol. The van der Waals surface area contributed by atoms with Crippen molar-refractivity contribution < 1.29 is 18.7 Å². The fraction of sp³-hybridized carbons (Fsp3) is 0.556. The Morgan fingerprint density at radius 3 is 2.96 bits per heavy atom. The van der Waals surface area contributed by atoms with Crippen LogP contribution in [-0.2, 0) is 9.53 Å². The maximum Gasteiger partial charge on any atom is 0.255 e. The molecule has 136 valence electrons. The van der Waals surface area contributed by atoms with Gasteiger partial charge in [0.05, 0.1) is 10.6 Å². The standard InChI is InChI=1S/C18H22ClFN2O3/c1-25-9-10-7-16(23)22-15-8-11(5-6-12(10)15)21-18(24)17-13(19)3-2-4-14(17)20/h2-4,10-12,15H,5-9H2,1H3,(H,21,24)(H,22,23). The van der Waals surface area contributed by atoms with E-state index in [-0.39, 0.29) is 34.5 Å². The van der Waals surface area contributed by atoms with Gasteiger partial charge in [-0.2, -0.15) is 0 Å². The predicted octanol–water partition coefficient (Wildman–Crippen LogP) is 2.53. The Balaban J connectivity index is 1.66. The quantitative estimate of drug-likeness (QED) is 0.858. The predicted molar refractivity (Wildman–Crippen MR) is 91.9 cm³/mol. The third-order valence-corrected chi connectivity index (χ3v) is 5.52. The highest BCUT2D eigenvalue weighted by molar-refractivity contribution is 6.33. The molecule has 2 aliphatic rings. The molecule has 0 spiro atoms. The van der Waals surface area contributed by atoms with E-state index in [4.69, 9.17) is 16.3 Å². The molecular formula is C18H22ClFN2O3. The Hall–Kier alpha value is -1.66. The lowest BCUT2D eigenvalue weighted by Crippen LogP contribution is -2.56. The summed E-state index contributed by atoms with van der Waals surface area (Å²) in [6.45, 7) is 0.566. The largest absolute Gasteiger partial charge is 0.384 e. The Labute approximate surface area is 151 Å². The Kier molecular flexibility index (Phi) is 5.59. The molecule has 1 aliphatic heterocycles. The lowest BCUT2D eigenvalue weighted by molar-refractivity contribution is -0.128. The molecule has 1 heterocycles. The van der Waals surface area contributed by atoms with E-state index in [1.54, 1.807) is 7.11 Å². The van der Waals surface area contributed by atoms with E-state index >= 15 is 0 Å². The van der Waals surface area contributed by atoms with Gasteiger partial charge in [-0.15, -0.1) is 0 Å². The van der Waals surface area contributed by atoms with Crippen molar-refractivity contribution in [2.45, 2.75) is 37.8 Å². The van der Waals surface area contributed by atoms with Gasteiger partial charge in [-0.1, -0.05) is 17.7 Å². The summed E-state index contributed by atoms with van der Waals surface area (Å²) in [5.74, 6) is -0.566. The van der Waals surface area contributed by atoms with Crippen LogP contribution in [0.4, 0.5) is 4.39 Å². The van der Waals surface area contributed by atoms with Crippen molar-refractivity contribution in [2.75, 3.05) is 13.7 Å². The molecule has 1 aromatic carbocycles. The summed E-state index contributed by atoms with van der Waals surface area (Å²) in [7, 11) is 1.64. The van der Waals surface area contributed by atoms with Gasteiger partial charge < -0.3 is 15.4 Å². The number of halogens is 2. The van der Waals surface area contributed by atoms with Crippen molar-refractivity contribution in [1.29, 1.82) is 0 Å². The van der Waals surface area contributed by atoms with Crippen molar-refractivity contribution in [1.82, 2.24) is 10.6 Å². The number of hydrogen-bond acceptors (Lipinski definition) is 3. The van der Waals surface area contributed by atoms with Gasteiger partial charge in [0.25, 0.3) is 5.91 Å². The topological polar surface area (TPSA) is 67.4 Å². The second-order valence-corrected chi connectivity index (χ2v) is 7.24. The van der Waals surface area contributed by atoms with Crippen molar-refractivity contribution in [3.8, 4) is 0 Å². The van der Waals surface area contributed by atoms with Gasteiger partial charge in [0.2, 0.25) is 5.91 Å². The van der Waals surface area contributed by atoms with Gasteiger partial charge in [-0.25, -0.2) is 4.39 Å². The van der Waals surface area contributed by atoms with Crippen LogP contribution in [0.3, 0.4) is 0 Å². The van der Waals surface area contributed by atoms with Crippen LogP contribution in [0.5, 0.6) is 0 Å². The number of nitrogens with one attached hydrogen (secondary N) is 2. The van der Waals surface area contributed by atoms with E-state index in [1.807, 2.05) is 0 Å². The highest BCUT2D eigenvalue weighted by atomic mass is 35.5. The molecule has 1 aliphatic carbocycles. The van der Waals surface area contributed by atoms with Crippen LogP contribution in [0.1, 0.15) is 36.0 Å². The molecule has 1 saturated carbocycles. The van der Waals surface area contributed by atoms with Crippen molar-refractivity contribution >= 4 is 23.4 Å². The maximum atomic E-state index is 13.9. The third kappa shape index (κ3) is 3.96. The third-order valence-electron chi connectivity index (χ3n) is 5.21. The first-order chi connectivity index (χ1) is 12.0. The SMILES string of the molecule is COCC1CC(=O)NC2CC(NC(=O)c3c(F)cccc3Cl)CCC12. The number of hydrogen-bond donors (Lipinski definition) is 2. The molecule has 3 rings (SSSR count). The maximum absolute atomic E-state index is 13.9. The number of methoxy groups -OCH3 is 1. The molecule has 2 fully saturated rings. The number of piperidine rings is 1. The van der Waals surface area contributed by atoms with Gasteiger partial charge >= 0.3 is 0 Å². The minimum Gasteiger partial charge on any atom is -0.384 e. The number of amides is 2. The molecule has 2 amide bonds. The number of fused-ring (bicyclic) bond motifs is 1. The molecule has 7 heteroatoms. The smallest absolute Gasteiger partial charge is 0.255 e. The Morgan fingerprint density at radius 1 is 1.44 bits per heavy atom. The highest BCUT2D eigenvalue weighted by Gasteiger charge is 2.41. The number of benzene rings is 1. The van der Waals surface area contributed by atoms with Gasteiger partial charge in [-0.05, 0) is 43.2 Å². The zero-order chi connectivity index (χ0) is 18.0. The van der Waals surface area contributed by atoms with Crippen LogP contribution in [0.15, 0.2) is 18.2 Å². The average Bonchev–Trinajstić information content (AvgIpc) is 2.54. The summed E-state index contributed by atoms with van der Waals surface area (Å²) in [5.41, 5.74) is -0.128. The first-order valence-corrected chi connectivity index (χ1v) is 8.90. The first-order valence-electron chi connectivity index (χ1n) is 8.52. The van der Waals surface area contributed by atoms with Crippen LogP contribution in [0, 0.1) is 17.7 Å². The number of carbonyl (C=O) groups excluding carboxylic acids is 2. The minimum absolute atomic E-state index is 0.0107. The molecule has 0 aromatic heterocycles. The molecular weight excluding hydrogens is 347 g/mol. The molecule has 2 N–H and O–H groups in total. The molecule has 25 heavy (non-hydrogen) atoms. The van der Waals surface area contributed by atoms with Crippen LogP contribution < -0.4 is 10.6 Å². The van der Waals surface area contributed by atoms with Crippen LogP contribution >= 0.6 is 11.6 Å². The number of rotatable bonds is 4. The van der Waals surface area contributed by atoms with Gasteiger partial charge in [-0.3, -0.25) is 9.59 Å². The molecule has 4 unspecified atom stereocenters. The highest BCUT2D eigenvalue weighted by Crippen LogP contribution is 2.35. The fourth-order valence-electron chi connectivity index (χ4n) is 4.08. The Bertz CT molecular complexity index is 649. The second kappa shape index (κ2) is 7.70. The molecule has 1 aromatic rings. The molecule has 5 nitrogen and oxygen atoms in total. The van der Waals surface area contributed by atoms with E-state index in [1.165, 1.54) is 18.2 Å².